The van der Waals surface area contributed by atoms with Gasteiger partial charge in [-0.2, -0.15) is 0 Å². The quantitative estimate of drug-likeness (QED) is 0.656. The van der Waals surface area contributed by atoms with E-state index in [-0.39, 0.29) is 0 Å². The molecule has 0 bridgehead atoms. The van der Waals surface area contributed by atoms with E-state index in [0.29, 0.717) is 6.61 Å². The Hall–Kier alpha value is -1.45. The van der Waals surface area contributed by atoms with E-state index in [4.69, 9.17) is 21.3 Å². The van der Waals surface area contributed by atoms with Crippen LogP contribution in [0.2, 0.25) is 0 Å². The van der Waals surface area contributed by atoms with Crippen LogP contribution in [0.15, 0.2) is 40.8 Å². The Morgan fingerprint density at radius 2 is 2.05 bits per heavy atom. The van der Waals surface area contributed by atoms with Gasteiger partial charge in [0.05, 0.1) is 22.2 Å². The Balaban J connectivity index is 2.57. The Kier molecular flexibility index (Phi) is 5.92. The summed E-state index contributed by atoms with van der Waals surface area (Å²) in [6.07, 6.45) is 3.90. The Bertz CT molecular complexity index is 737. The second kappa shape index (κ2) is 7.70. The number of fused-ring (bicyclic) bond motifs is 1. The molecule has 0 N–H and O–H groups in total. The van der Waals surface area contributed by atoms with Gasteiger partial charge in [0.1, 0.15) is 5.75 Å². The average molecular weight is 334 g/mol. The summed E-state index contributed by atoms with van der Waals surface area (Å²) in [5.74, 6) is 0.864. The molecular weight excluding hydrogens is 314 g/mol. The molecule has 0 atom stereocenters. The maximum absolute atomic E-state index is 6.15. The van der Waals surface area contributed by atoms with Crippen molar-refractivity contribution in [1.82, 2.24) is 4.98 Å². The fourth-order valence-electron chi connectivity index (χ4n) is 2.13. The number of aromatic nitrogens is 1. The molecule has 0 unspecified atom stereocenters. The van der Waals surface area contributed by atoms with Gasteiger partial charge in [0.25, 0.3) is 0 Å². The van der Waals surface area contributed by atoms with Crippen LogP contribution in [0, 0.1) is 6.92 Å². The molecule has 1 aromatic heterocycles. The molecule has 22 heavy (non-hydrogen) atoms. The number of nitrogens with zero attached hydrogens (tertiary/aromatic N) is 1. The van der Waals surface area contributed by atoms with Crippen LogP contribution in [-0.4, -0.2) is 11.6 Å². The summed E-state index contributed by atoms with van der Waals surface area (Å²) in [4.78, 5) is 5.78. The predicted molar refractivity (Wildman–Crippen MR) is 98.5 cm³/mol. The summed E-state index contributed by atoms with van der Waals surface area (Å²) in [6, 6.07) is 8.20. The van der Waals surface area contributed by atoms with E-state index < -0.39 is 0 Å². The van der Waals surface area contributed by atoms with Gasteiger partial charge in [0.15, 0.2) is 0 Å². The standard InChI is InChI=1S/C18H20ClNOS/c1-5-17(22-18(19)6-2)15-11-16(21-7-3)13-10-12(4)8-9-14(13)20-15/h5-6,8-11H,7H2,1-4H3/b17-5-,18-6-. The lowest BCUT2D eigenvalue weighted by Crippen LogP contribution is -1.97. The molecule has 2 nitrogen and oxygen atoms in total. The topological polar surface area (TPSA) is 22.1 Å². The molecule has 1 heterocycles. The second-order valence-electron chi connectivity index (χ2n) is 4.81. The summed E-state index contributed by atoms with van der Waals surface area (Å²) < 4.78 is 6.55. The molecule has 0 saturated heterocycles. The molecule has 2 rings (SSSR count). The minimum absolute atomic E-state index is 0.625. The van der Waals surface area contributed by atoms with E-state index in [1.165, 1.54) is 17.3 Å². The third-order valence-corrected chi connectivity index (χ3v) is 4.72. The van der Waals surface area contributed by atoms with Crippen LogP contribution in [0.3, 0.4) is 0 Å². The highest BCUT2D eigenvalue weighted by Gasteiger charge is 2.11. The molecular formula is C18H20ClNOS. The van der Waals surface area contributed by atoms with Crippen LogP contribution in [0.25, 0.3) is 15.8 Å². The molecule has 0 saturated carbocycles. The van der Waals surface area contributed by atoms with Crippen LogP contribution < -0.4 is 4.74 Å². The Morgan fingerprint density at radius 3 is 2.68 bits per heavy atom. The largest absolute Gasteiger partial charge is 0.493 e. The number of hydrogen-bond donors (Lipinski definition) is 0. The van der Waals surface area contributed by atoms with Crippen molar-refractivity contribution < 1.29 is 4.74 Å². The van der Waals surface area contributed by atoms with E-state index in [1.54, 1.807) is 0 Å². The summed E-state index contributed by atoms with van der Waals surface area (Å²) in [5, 5.41) is 1.04. The summed E-state index contributed by atoms with van der Waals surface area (Å²) in [7, 11) is 0. The monoisotopic (exact) mass is 333 g/mol. The molecule has 4 heteroatoms. The summed E-state index contributed by atoms with van der Waals surface area (Å²) in [5.41, 5.74) is 3.01. The van der Waals surface area contributed by atoms with Gasteiger partial charge in [0.2, 0.25) is 0 Å². The van der Waals surface area contributed by atoms with Gasteiger partial charge in [-0.25, -0.2) is 4.98 Å². The van der Waals surface area contributed by atoms with E-state index in [2.05, 4.69) is 19.1 Å². The number of hydrogen-bond acceptors (Lipinski definition) is 3. The first-order chi connectivity index (χ1) is 10.6. The molecule has 0 radical (unpaired) electrons. The number of benzene rings is 1. The van der Waals surface area contributed by atoms with Crippen LogP contribution in [0.1, 0.15) is 32.0 Å². The number of halogens is 1. The maximum Gasteiger partial charge on any atom is 0.130 e. The lowest BCUT2D eigenvalue weighted by molar-refractivity contribution is 0.344. The third-order valence-electron chi connectivity index (χ3n) is 3.18. The molecule has 1 aromatic carbocycles. The zero-order valence-electron chi connectivity index (χ0n) is 13.3. The van der Waals surface area contributed by atoms with E-state index >= 15 is 0 Å². The lowest BCUT2D eigenvalue weighted by atomic mass is 10.1. The van der Waals surface area contributed by atoms with Crippen LogP contribution in [0.4, 0.5) is 0 Å². The van der Waals surface area contributed by atoms with Crippen molar-refractivity contribution in [3.63, 3.8) is 0 Å². The van der Waals surface area contributed by atoms with Gasteiger partial charge in [0, 0.05) is 16.4 Å². The number of pyridine rings is 1. The molecule has 0 spiro atoms. The van der Waals surface area contributed by atoms with Crippen molar-refractivity contribution in [3.8, 4) is 5.75 Å². The predicted octanol–water partition coefficient (Wildman–Crippen LogP) is 6.14. The highest BCUT2D eigenvalue weighted by atomic mass is 35.5. The van der Waals surface area contributed by atoms with Gasteiger partial charge < -0.3 is 4.74 Å². The molecule has 0 aliphatic carbocycles. The SMILES string of the molecule is C/C=C(\S/C(Cl)=C\C)c1cc(OCC)c2cc(C)ccc2n1. The molecule has 0 amide bonds. The van der Waals surface area contributed by atoms with Gasteiger partial charge in [-0.3, -0.25) is 0 Å². The van der Waals surface area contributed by atoms with Crippen LogP contribution in [0.5, 0.6) is 5.75 Å². The smallest absolute Gasteiger partial charge is 0.130 e. The maximum atomic E-state index is 6.15. The van der Waals surface area contributed by atoms with E-state index in [0.717, 1.165) is 31.6 Å². The second-order valence-corrected chi connectivity index (χ2v) is 6.52. The fourth-order valence-corrected chi connectivity index (χ4v) is 3.04. The highest BCUT2D eigenvalue weighted by molar-refractivity contribution is 8.13. The van der Waals surface area contributed by atoms with Crippen molar-refractivity contribution in [3.05, 3.63) is 52.0 Å². The number of rotatable bonds is 5. The van der Waals surface area contributed by atoms with Gasteiger partial charge in [-0.05, 0) is 39.8 Å². The Morgan fingerprint density at radius 1 is 1.27 bits per heavy atom. The van der Waals surface area contributed by atoms with Crippen molar-refractivity contribution in [1.29, 1.82) is 0 Å². The first-order valence-electron chi connectivity index (χ1n) is 7.29. The van der Waals surface area contributed by atoms with Gasteiger partial charge >= 0.3 is 0 Å². The van der Waals surface area contributed by atoms with E-state index in [1.807, 2.05) is 45.1 Å². The molecule has 0 aliphatic rings. The van der Waals surface area contributed by atoms with Crippen LogP contribution >= 0.6 is 23.4 Å². The molecule has 116 valence electrons. The third kappa shape index (κ3) is 3.84. The summed E-state index contributed by atoms with van der Waals surface area (Å²) in [6.45, 7) is 8.60. The Labute approximate surface area is 141 Å². The zero-order chi connectivity index (χ0) is 16.1. The summed E-state index contributed by atoms with van der Waals surface area (Å²) >= 11 is 7.66. The normalized spacial score (nSPS) is 12.8. The first kappa shape index (κ1) is 16.9. The van der Waals surface area contributed by atoms with Gasteiger partial charge in [-0.15, -0.1) is 0 Å². The number of thioether (sulfide) groups is 1. The highest BCUT2D eigenvalue weighted by Crippen LogP contribution is 2.37. The first-order valence-corrected chi connectivity index (χ1v) is 8.49. The molecule has 2 aromatic rings. The minimum atomic E-state index is 0.625. The number of aryl methyl sites for hydroxylation is 1. The number of ether oxygens (including phenoxy) is 1. The lowest BCUT2D eigenvalue weighted by Gasteiger charge is -2.12. The van der Waals surface area contributed by atoms with Crippen molar-refractivity contribution in [2.24, 2.45) is 0 Å². The van der Waals surface area contributed by atoms with Crippen molar-refractivity contribution in [2.75, 3.05) is 6.61 Å². The van der Waals surface area contributed by atoms with Crippen molar-refractivity contribution in [2.45, 2.75) is 27.7 Å². The molecule has 0 aliphatic heterocycles. The minimum Gasteiger partial charge on any atom is -0.493 e. The average Bonchev–Trinajstić information content (AvgIpc) is 2.52. The zero-order valence-corrected chi connectivity index (χ0v) is 14.9. The van der Waals surface area contributed by atoms with Crippen LogP contribution in [-0.2, 0) is 0 Å². The number of allylic oxidation sites excluding steroid dienone is 2. The molecule has 0 fully saturated rings. The van der Waals surface area contributed by atoms with Crippen molar-refractivity contribution >= 4 is 39.2 Å². The fraction of sp³-hybridized carbons (Fsp3) is 0.278. The van der Waals surface area contributed by atoms with Gasteiger partial charge in [-0.1, -0.05) is 47.1 Å². The van der Waals surface area contributed by atoms with E-state index in [9.17, 15) is 0 Å².